The fourth-order valence-electron chi connectivity index (χ4n) is 0.364. The normalized spacial score (nSPS) is 25.0. The van der Waals surface area contributed by atoms with Crippen LogP contribution in [-0.4, -0.2) is 13.4 Å². The molecule has 1 aliphatic heterocycles. The number of hydrogen-bond acceptors (Lipinski definition) is 1. The van der Waals surface area contributed by atoms with Crippen molar-refractivity contribution in [3.8, 4) is 0 Å². The van der Waals surface area contributed by atoms with E-state index in [2.05, 4.69) is 4.99 Å². The van der Waals surface area contributed by atoms with Crippen molar-refractivity contribution in [2.24, 2.45) is 4.99 Å². The molecule has 0 saturated carbocycles. The molecule has 0 aliphatic carbocycles. The summed E-state index contributed by atoms with van der Waals surface area (Å²) in [6.45, 7) is 0. The highest BCUT2D eigenvalue weighted by Crippen LogP contribution is 1.66. The summed E-state index contributed by atoms with van der Waals surface area (Å²) in [7, 11) is 2.02. The summed E-state index contributed by atoms with van der Waals surface area (Å²) in [4.78, 5) is 5.05. The lowest BCUT2D eigenvalue weighted by atomic mass is 10.9. The molecule has 0 saturated heterocycles. The van der Waals surface area contributed by atoms with Gasteiger partial charge in [-0.3, -0.25) is 4.90 Å². The molecule has 0 fully saturated rings. The smallest absolute Gasteiger partial charge is 0.192 e. The molecule has 2 nitrogen and oxygen atoms in total. The molecule has 3 heteroatoms. The number of rotatable bonds is 0. The molecule has 0 bridgehead atoms. The van der Waals surface area contributed by atoms with Gasteiger partial charge in [-0.2, -0.15) is 0 Å². The van der Waals surface area contributed by atoms with Crippen LogP contribution in [0.2, 0.25) is 0 Å². The number of nitrogens with zero attached hydrogens (tertiary/aromatic N) is 1. The third kappa shape index (κ3) is 1.85. The summed E-state index contributed by atoms with van der Waals surface area (Å²) in [5.41, 5.74) is 0. The zero-order valence-electron chi connectivity index (χ0n) is 4.09. The largest absolute Gasteiger partial charge is 0.267 e. The number of halogens is 1. The molecular formula is C4H8BrN2+. The Morgan fingerprint density at radius 3 is 2.43 bits per heavy atom. The van der Waals surface area contributed by atoms with Crippen LogP contribution < -0.4 is 4.90 Å². The summed E-state index contributed by atoms with van der Waals surface area (Å²) < 4.78 is 0. The first kappa shape index (κ1) is 6.85. The molecular weight excluding hydrogens is 156 g/mol. The monoisotopic (exact) mass is 163 g/mol. The second kappa shape index (κ2) is 2.93. The summed E-state index contributed by atoms with van der Waals surface area (Å²) in [5.74, 6) is 0. The van der Waals surface area contributed by atoms with Crippen molar-refractivity contribution < 1.29 is 4.90 Å². The predicted molar refractivity (Wildman–Crippen MR) is 34.8 cm³/mol. The highest BCUT2D eigenvalue weighted by Gasteiger charge is 1.91. The van der Waals surface area contributed by atoms with Crippen molar-refractivity contribution >= 4 is 23.3 Å². The Bertz CT molecular complexity index is 85.9. The minimum Gasteiger partial charge on any atom is -0.267 e. The average molecular weight is 164 g/mol. The molecule has 0 aromatic carbocycles. The Morgan fingerprint density at radius 1 is 1.57 bits per heavy atom. The minimum absolute atomic E-state index is 0. The van der Waals surface area contributed by atoms with Crippen LogP contribution in [0.15, 0.2) is 17.4 Å². The summed E-state index contributed by atoms with van der Waals surface area (Å²) in [6, 6.07) is 0. The van der Waals surface area contributed by atoms with Crippen molar-refractivity contribution in [2.45, 2.75) is 0 Å². The van der Waals surface area contributed by atoms with E-state index in [0.29, 0.717) is 0 Å². The molecule has 1 heterocycles. The first-order chi connectivity index (χ1) is 2.89. The fraction of sp³-hybridized carbons (Fsp3) is 0.250. The number of hydrogen-bond donors (Lipinski definition) is 1. The van der Waals surface area contributed by atoms with Gasteiger partial charge in [-0.1, -0.05) is 0 Å². The molecule has 1 N–H and O–H groups in total. The molecule has 1 rings (SSSR count). The van der Waals surface area contributed by atoms with E-state index in [9.17, 15) is 0 Å². The Labute approximate surface area is 53.3 Å². The van der Waals surface area contributed by atoms with E-state index in [1.807, 2.05) is 19.6 Å². The second-order valence-electron chi connectivity index (χ2n) is 1.34. The van der Waals surface area contributed by atoms with Gasteiger partial charge >= 0.3 is 0 Å². The van der Waals surface area contributed by atoms with E-state index < -0.39 is 0 Å². The summed E-state index contributed by atoms with van der Waals surface area (Å²) >= 11 is 0. The second-order valence-corrected chi connectivity index (χ2v) is 1.34. The Balaban J connectivity index is 0.000000360. The van der Waals surface area contributed by atoms with Crippen molar-refractivity contribution in [1.29, 1.82) is 0 Å². The van der Waals surface area contributed by atoms with Gasteiger partial charge in [0.15, 0.2) is 6.34 Å². The van der Waals surface area contributed by atoms with Crippen molar-refractivity contribution in [3.05, 3.63) is 12.4 Å². The van der Waals surface area contributed by atoms with Gasteiger partial charge < -0.3 is 0 Å². The van der Waals surface area contributed by atoms with Crippen LogP contribution >= 0.6 is 17.0 Å². The van der Waals surface area contributed by atoms with Gasteiger partial charge in [-0.25, -0.2) is 4.99 Å². The van der Waals surface area contributed by atoms with Crippen LogP contribution in [0.25, 0.3) is 0 Å². The topological polar surface area (TPSA) is 16.8 Å². The SMILES string of the molecule is Br.C[NH+]1C=CN=C1. The Hall–Kier alpha value is -0.150. The van der Waals surface area contributed by atoms with Gasteiger partial charge in [-0.05, 0) is 0 Å². The van der Waals surface area contributed by atoms with Gasteiger partial charge in [0.05, 0.1) is 13.2 Å². The maximum Gasteiger partial charge on any atom is 0.192 e. The van der Waals surface area contributed by atoms with Gasteiger partial charge in [0, 0.05) is 0 Å². The summed E-state index contributed by atoms with van der Waals surface area (Å²) in [6.07, 6.45) is 5.59. The van der Waals surface area contributed by atoms with E-state index >= 15 is 0 Å². The van der Waals surface area contributed by atoms with Gasteiger partial charge in [-0.15, -0.1) is 17.0 Å². The molecule has 7 heavy (non-hydrogen) atoms. The van der Waals surface area contributed by atoms with Crippen LogP contribution in [0.4, 0.5) is 0 Å². The van der Waals surface area contributed by atoms with E-state index in [1.54, 1.807) is 6.20 Å². The van der Waals surface area contributed by atoms with Crippen molar-refractivity contribution in [3.63, 3.8) is 0 Å². The maximum atomic E-state index is 3.82. The summed E-state index contributed by atoms with van der Waals surface area (Å²) in [5, 5.41) is 0. The van der Waals surface area contributed by atoms with Crippen molar-refractivity contribution in [1.82, 2.24) is 0 Å². The zero-order chi connectivity index (χ0) is 4.41. The standard InChI is InChI=1S/C4H6N2.BrH/c1-6-3-2-5-4-6;/h2-4H,1H3;1H/p+1. The quantitative estimate of drug-likeness (QED) is 0.501. The van der Waals surface area contributed by atoms with E-state index in [-0.39, 0.29) is 17.0 Å². The fourth-order valence-corrected chi connectivity index (χ4v) is 0.364. The molecule has 0 aromatic rings. The molecule has 1 atom stereocenters. The number of quaternary nitrogens is 1. The van der Waals surface area contributed by atoms with Gasteiger partial charge in [0.25, 0.3) is 0 Å². The maximum absolute atomic E-state index is 3.82. The lowest BCUT2D eigenvalue weighted by molar-refractivity contribution is -0.709. The number of aliphatic imine (C=N–C) groups is 1. The molecule has 0 spiro atoms. The molecule has 40 valence electrons. The van der Waals surface area contributed by atoms with Crippen LogP contribution in [0.3, 0.4) is 0 Å². The highest BCUT2D eigenvalue weighted by molar-refractivity contribution is 8.93. The molecule has 0 radical (unpaired) electrons. The lowest BCUT2D eigenvalue weighted by Gasteiger charge is -1.87. The minimum atomic E-state index is 0. The molecule has 0 amide bonds. The zero-order valence-corrected chi connectivity index (χ0v) is 5.80. The van der Waals surface area contributed by atoms with E-state index in [0.717, 1.165) is 0 Å². The predicted octanol–water partition coefficient (Wildman–Crippen LogP) is -0.408. The first-order valence-electron chi connectivity index (χ1n) is 1.93. The Morgan fingerprint density at radius 2 is 2.29 bits per heavy atom. The third-order valence-corrected chi connectivity index (χ3v) is 0.702. The molecule has 1 aliphatic rings. The third-order valence-electron chi connectivity index (χ3n) is 0.702. The Kier molecular flexibility index (Phi) is 2.87. The van der Waals surface area contributed by atoms with Crippen LogP contribution in [-0.2, 0) is 0 Å². The molecule has 1 unspecified atom stereocenters. The highest BCUT2D eigenvalue weighted by atomic mass is 79.9. The van der Waals surface area contributed by atoms with Gasteiger partial charge in [0.2, 0.25) is 0 Å². The van der Waals surface area contributed by atoms with Gasteiger partial charge in [0.1, 0.15) is 6.20 Å². The first-order valence-corrected chi connectivity index (χ1v) is 1.93. The average Bonchev–Trinajstić information content (AvgIpc) is 1.86. The van der Waals surface area contributed by atoms with Crippen LogP contribution in [0.5, 0.6) is 0 Å². The van der Waals surface area contributed by atoms with Crippen LogP contribution in [0, 0.1) is 0 Å². The van der Waals surface area contributed by atoms with Crippen molar-refractivity contribution in [2.75, 3.05) is 7.05 Å². The molecule has 0 aromatic heterocycles. The number of nitrogens with one attached hydrogen (secondary N) is 1. The van der Waals surface area contributed by atoms with E-state index in [4.69, 9.17) is 0 Å². The van der Waals surface area contributed by atoms with Crippen LogP contribution in [0.1, 0.15) is 0 Å². The van der Waals surface area contributed by atoms with E-state index in [1.165, 1.54) is 4.90 Å². The lowest BCUT2D eigenvalue weighted by Crippen LogP contribution is -3.01.